The van der Waals surface area contributed by atoms with Crippen molar-refractivity contribution >= 4 is 0 Å². The van der Waals surface area contributed by atoms with E-state index in [2.05, 4.69) is 11.4 Å². The van der Waals surface area contributed by atoms with E-state index in [1.807, 2.05) is 18.3 Å². The lowest BCUT2D eigenvalue weighted by molar-refractivity contribution is 0.124. The molecule has 2 nitrogen and oxygen atoms in total. The van der Waals surface area contributed by atoms with E-state index in [4.69, 9.17) is 4.74 Å². The molecule has 1 unspecified atom stereocenters. The first-order valence-corrected chi connectivity index (χ1v) is 3.82. The highest BCUT2D eigenvalue weighted by Crippen LogP contribution is 2.26. The van der Waals surface area contributed by atoms with Crippen molar-refractivity contribution in [3.05, 3.63) is 36.5 Å². The lowest BCUT2D eigenvalue weighted by Gasteiger charge is -2.06. The van der Waals surface area contributed by atoms with Gasteiger partial charge in [-0.2, -0.15) is 0 Å². The molecule has 1 radical (unpaired) electrons. The quantitative estimate of drug-likeness (QED) is 0.605. The second kappa shape index (κ2) is 3.01. The number of ether oxygens (including phenoxy) is 1. The summed E-state index contributed by atoms with van der Waals surface area (Å²) in [5.74, 6) is 0. The molecule has 57 valence electrons. The van der Waals surface area contributed by atoms with Gasteiger partial charge in [-0.3, -0.25) is 4.98 Å². The van der Waals surface area contributed by atoms with Crippen molar-refractivity contribution in [3.63, 3.8) is 0 Å². The summed E-state index contributed by atoms with van der Waals surface area (Å²) < 4.78 is 5.44. The zero-order valence-corrected chi connectivity index (χ0v) is 6.23. The molecule has 0 aromatic carbocycles. The maximum Gasteiger partial charge on any atom is 0.0872 e. The molecule has 0 amide bonds. The Labute approximate surface area is 66.2 Å². The molecule has 1 fully saturated rings. The van der Waals surface area contributed by atoms with Crippen LogP contribution in [0.1, 0.15) is 18.1 Å². The van der Waals surface area contributed by atoms with Gasteiger partial charge in [0.25, 0.3) is 0 Å². The Morgan fingerprint density at radius 1 is 1.55 bits per heavy atom. The average molecular weight is 148 g/mol. The number of rotatable bonds is 1. The van der Waals surface area contributed by atoms with Crippen molar-refractivity contribution in [2.75, 3.05) is 6.61 Å². The highest BCUT2D eigenvalue weighted by molar-refractivity contribution is 5.16. The Hall–Kier alpha value is -0.890. The van der Waals surface area contributed by atoms with Gasteiger partial charge >= 0.3 is 0 Å². The van der Waals surface area contributed by atoms with Crippen LogP contribution in [0.25, 0.3) is 0 Å². The lowest BCUT2D eigenvalue weighted by atomic mass is 10.1. The van der Waals surface area contributed by atoms with E-state index >= 15 is 0 Å². The third kappa shape index (κ3) is 1.40. The first kappa shape index (κ1) is 6.80. The van der Waals surface area contributed by atoms with Gasteiger partial charge in [-0.25, -0.2) is 0 Å². The van der Waals surface area contributed by atoms with Crippen LogP contribution in [0, 0.1) is 6.42 Å². The van der Waals surface area contributed by atoms with E-state index in [0.29, 0.717) is 0 Å². The highest BCUT2D eigenvalue weighted by Gasteiger charge is 2.17. The van der Waals surface area contributed by atoms with Gasteiger partial charge in [-0.05, 0) is 24.5 Å². The minimum atomic E-state index is 0.184. The monoisotopic (exact) mass is 148 g/mol. The summed E-state index contributed by atoms with van der Waals surface area (Å²) in [4.78, 5) is 4.03. The Morgan fingerprint density at radius 2 is 2.55 bits per heavy atom. The van der Waals surface area contributed by atoms with Crippen LogP contribution in [0.4, 0.5) is 0 Å². The van der Waals surface area contributed by atoms with E-state index in [9.17, 15) is 0 Å². The molecule has 11 heavy (non-hydrogen) atoms. The molecule has 2 rings (SSSR count). The van der Waals surface area contributed by atoms with Crippen LogP contribution >= 0.6 is 0 Å². The smallest absolute Gasteiger partial charge is 0.0872 e. The van der Waals surface area contributed by atoms with Crippen LogP contribution in [0.3, 0.4) is 0 Å². The summed E-state index contributed by atoms with van der Waals surface area (Å²) >= 11 is 0. The predicted octanol–water partition coefficient (Wildman–Crippen LogP) is 1.75. The fourth-order valence-electron chi connectivity index (χ4n) is 1.26. The Balaban J connectivity index is 2.16. The van der Waals surface area contributed by atoms with Crippen molar-refractivity contribution in [1.82, 2.24) is 4.98 Å². The lowest BCUT2D eigenvalue weighted by Crippen LogP contribution is -1.95. The van der Waals surface area contributed by atoms with Gasteiger partial charge in [-0.1, -0.05) is 6.07 Å². The van der Waals surface area contributed by atoms with Crippen molar-refractivity contribution in [2.24, 2.45) is 0 Å². The second-order valence-electron chi connectivity index (χ2n) is 2.60. The summed E-state index contributed by atoms with van der Waals surface area (Å²) in [6.07, 6.45) is 7.05. The summed E-state index contributed by atoms with van der Waals surface area (Å²) in [5, 5.41) is 0. The molecule has 1 aliphatic heterocycles. The fraction of sp³-hybridized carbons (Fsp3) is 0.333. The van der Waals surface area contributed by atoms with Gasteiger partial charge in [0.1, 0.15) is 0 Å². The van der Waals surface area contributed by atoms with E-state index in [-0.39, 0.29) is 6.10 Å². The molecule has 0 N–H and O–H groups in total. The van der Waals surface area contributed by atoms with Gasteiger partial charge < -0.3 is 4.74 Å². The van der Waals surface area contributed by atoms with E-state index in [1.165, 1.54) is 0 Å². The van der Waals surface area contributed by atoms with Gasteiger partial charge in [-0.15, -0.1) is 0 Å². The molecule has 0 spiro atoms. The SMILES string of the molecule is [CH]1CCOC1c1cccnc1. The zero-order valence-electron chi connectivity index (χ0n) is 6.23. The molecule has 0 saturated carbocycles. The molecule has 1 aromatic heterocycles. The molecule has 1 saturated heterocycles. The first-order chi connectivity index (χ1) is 5.47. The van der Waals surface area contributed by atoms with Crippen molar-refractivity contribution in [3.8, 4) is 0 Å². The minimum Gasteiger partial charge on any atom is -0.373 e. The minimum absolute atomic E-state index is 0.184. The molecular weight excluding hydrogens is 138 g/mol. The summed E-state index contributed by atoms with van der Waals surface area (Å²) in [6.45, 7) is 0.847. The van der Waals surface area contributed by atoms with Crippen molar-refractivity contribution < 1.29 is 4.74 Å². The van der Waals surface area contributed by atoms with E-state index < -0.39 is 0 Å². The van der Waals surface area contributed by atoms with Crippen LogP contribution in [0.15, 0.2) is 24.5 Å². The molecule has 1 atom stereocenters. The van der Waals surface area contributed by atoms with Crippen LogP contribution in [-0.4, -0.2) is 11.6 Å². The standard InChI is InChI=1S/C9H10NO/c1-3-8(7-10-5-1)9-4-2-6-11-9/h1,3-5,7,9H,2,6H2. The number of aromatic nitrogens is 1. The third-order valence-electron chi connectivity index (χ3n) is 1.81. The van der Waals surface area contributed by atoms with Crippen LogP contribution < -0.4 is 0 Å². The maximum atomic E-state index is 5.44. The van der Waals surface area contributed by atoms with Crippen LogP contribution in [0.2, 0.25) is 0 Å². The van der Waals surface area contributed by atoms with Gasteiger partial charge in [0.05, 0.1) is 6.10 Å². The number of pyridine rings is 1. The molecule has 1 aliphatic rings. The Morgan fingerprint density at radius 3 is 3.18 bits per heavy atom. The largest absolute Gasteiger partial charge is 0.373 e. The number of hydrogen-bond donors (Lipinski definition) is 0. The van der Waals surface area contributed by atoms with Gasteiger partial charge in [0, 0.05) is 19.0 Å². The highest BCUT2D eigenvalue weighted by atomic mass is 16.5. The summed E-state index contributed by atoms with van der Waals surface area (Å²) in [5.41, 5.74) is 1.16. The summed E-state index contributed by atoms with van der Waals surface area (Å²) in [6, 6.07) is 3.98. The number of nitrogens with zero attached hydrogens (tertiary/aromatic N) is 1. The molecule has 1 aromatic rings. The molecule has 0 aliphatic carbocycles. The topological polar surface area (TPSA) is 22.1 Å². The second-order valence-corrected chi connectivity index (χ2v) is 2.60. The molecule has 2 heteroatoms. The summed E-state index contributed by atoms with van der Waals surface area (Å²) in [7, 11) is 0. The van der Waals surface area contributed by atoms with Gasteiger partial charge in [0.2, 0.25) is 0 Å². The molecule has 0 bridgehead atoms. The van der Waals surface area contributed by atoms with Crippen molar-refractivity contribution in [1.29, 1.82) is 0 Å². The van der Waals surface area contributed by atoms with Crippen LogP contribution in [0.5, 0.6) is 0 Å². The Kier molecular flexibility index (Phi) is 1.86. The average Bonchev–Trinajstić information content (AvgIpc) is 2.58. The van der Waals surface area contributed by atoms with Gasteiger partial charge in [0.15, 0.2) is 0 Å². The number of hydrogen-bond acceptors (Lipinski definition) is 2. The normalized spacial score (nSPS) is 23.8. The first-order valence-electron chi connectivity index (χ1n) is 3.82. The van der Waals surface area contributed by atoms with Crippen LogP contribution in [-0.2, 0) is 4.74 Å². The molecular formula is C9H10NO. The molecule has 2 heterocycles. The predicted molar refractivity (Wildman–Crippen MR) is 41.8 cm³/mol. The fourth-order valence-corrected chi connectivity index (χ4v) is 1.26. The third-order valence-corrected chi connectivity index (χ3v) is 1.81. The van der Waals surface area contributed by atoms with E-state index in [0.717, 1.165) is 18.6 Å². The van der Waals surface area contributed by atoms with Crippen molar-refractivity contribution in [2.45, 2.75) is 12.5 Å². The van der Waals surface area contributed by atoms with E-state index in [1.54, 1.807) is 6.20 Å². The maximum absolute atomic E-state index is 5.44. The zero-order chi connectivity index (χ0) is 7.52. The Bertz CT molecular complexity index is 216.